The van der Waals surface area contributed by atoms with Crippen LogP contribution in [-0.4, -0.2) is 90.2 Å². The first-order valence-electron chi connectivity index (χ1n) is 15.0. The lowest BCUT2D eigenvalue weighted by Gasteiger charge is -2.30. The number of carbonyl (C=O) groups is 6. The maximum absolute atomic E-state index is 13.6. The second-order valence-corrected chi connectivity index (χ2v) is 11.8. The van der Waals surface area contributed by atoms with Crippen LogP contribution in [0.1, 0.15) is 58.4 Å². The van der Waals surface area contributed by atoms with Gasteiger partial charge in [0, 0.05) is 19.4 Å². The molecule has 4 heterocycles. The number of fused-ring (bicyclic) bond motifs is 14. The van der Waals surface area contributed by atoms with Crippen molar-refractivity contribution in [1.29, 1.82) is 0 Å². The first-order chi connectivity index (χ1) is 20.5. The molecule has 234 valence electrons. The molecular formula is C30H42N6O7. The molecule has 5 N–H and O–H groups in total. The van der Waals surface area contributed by atoms with E-state index in [1.807, 2.05) is 13.8 Å². The molecule has 5 atom stereocenters. The van der Waals surface area contributed by atoms with Gasteiger partial charge in [-0.2, -0.15) is 0 Å². The van der Waals surface area contributed by atoms with Gasteiger partial charge in [0.1, 0.15) is 42.6 Å². The van der Waals surface area contributed by atoms with Crippen LogP contribution in [0.3, 0.4) is 0 Å². The van der Waals surface area contributed by atoms with Crippen molar-refractivity contribution in [3.8, 4) is 5.75 Å². The molecule has 13 heteroatoms. The largest absolute Gasteiger partial charge is 0.492 e. The molecule has 0 aliphatic carbocycles. The van der Waals surface area contributed by atoms with Crippen LogP contribution < -0.4 is 31.3 Å². The summed E-state index contributed by atoms with van der Waals surface area (Å²) in [6, 6.07) is 2.66. The molecule has 0 spiro atoms. The summed E-state index contributed by atoms with van der Waals surface area (Å²) in [7, 11) is 0. The quantitative estimate of drug-likeness (QED) is 0.311. The summed E-state index contributed by atoms with van der Waals surface area (Å²) >= 11 is 0. The fraction of sp³-hybridized carbons (Fsp3) is 0.600. The number of nitrogens with one attached hydrogen (secondary N) is 5. The van der Waals surface area contributed by atoms with Gasteiger partial charge in [-0.3, -0.25) is 28.8 Å². The van der Waals surface area contributed by atoms with Gasteiger partial charge >= 0.3 is 0 Å². The zero-order valence-electron chi connectivity index (χ0n) is 24.9. The van der Waals surface area contributed by atoms with Crippen LogP contribution in [0.2, 0.25) is 0 Å². The number of rotatable bonds is 4. The zero-order valence-corrected chi connectivity index (χ0v) is 24.9. The predicted octanol–water partition coefficient (Wildman–Crippen LogP) is -0.472. The third-order valence-corrected chi connectivity index (χ3v) is 7.89. The topological polar surface area (TPSA) is 175 Å². The molecule has 0 saturated carbocycles. The van der Waals surface area contributed by atoms with Crippen LogP contribution in [0, 0.1) is 5.92 Å². The van der Waals surface area contributed by atoms with E-state index in [1.165, 1.54) is 11.8 Å². The minimum atomic E-state index is -1.04. The molecule has 0 unspecified atom stereocenters. The van der Waals surface area contributed by atoms with Gasteiger partial charge in [0.25, 0.3) is 0 Å². The van der Waals surface area contributed by atoms with Crippen molar-refractivity contribution in [3.05, 3.63) is 29.8 Å². The molecule has 43 heavy (non-hydrogen) atoms. The van der Waals surface area contributed by atoms with E-state index in [9.17, 15) is 28.8 Å². The van der Waals surface area contributed by atoms with Crippen LogP contribution in [0.5, 0.6) is 5.75 Å². The Morgan fingerprint density at radius 3 is 2.42 bits per heavy atom. The lowest BCUT2D eigenvalue weighted by atomic mass is 10.0. The summed E-state index contributed by atoms with van der Waals surface area (Å²) in [6.07, 6.45) is 2.21. The maximum Gasteiger partial charge on any atom is 0.245 e. The van der Waals surface area contributed by atoms with Crippen molar-refractivity contribution < 1.29 is 33.5 Å². The average molecular weight is 599 g/mol. The molecule has 1 aromatic rings. The van der Waals surface area contributed by atoms with Gasteiger partial charge in [-0.1, -0.05) is 26.0 Å². The van der Waals surface area contributed by atoms with Crippen molar-refractivity contribution in [2.45, 2.75) is 89.5 Å². The average Bonchev–Trinajstić information content (AvgIpc) is 3.63. The monoisotopic (exact) mass is 598 g/mol. The predicted molar refractivity (Wildman–Crippen MR) is 155 cm³/mol. The number of hydrogen-bond donors (Lipinski definition) is 5. The van der Waals surface area contributed by atoms with Gasteiger partial charge in [0.05, 0.1) is 6.54 Å². The first kappa shape index (κ1) is 31.8. The van der Waals surface area contributed by atoms with Crippen LogP contribution >= 0.6 is 0 Å². The van der Waals surface area contributed by atoms with Crippen molar-refractivity contribution >= 4 is 35.4 Å². The van der Waals surface area contributed by atoms with E-state index in [2.05, 4.69) is 26.6 Å². The Balaban J connectivity index is 1.57. The number of hydrogen-bond acceptors (Lipinski definition) is 7. The fourth-order valence-corrected chi connectivity index (χ4v) is 5.58. The van der Waals surface area contributed by atoms with E-state index < -0.39 is 47.9 Å². The lowest BCUT2D eigenvalue weighted by molar-refractivity contribution is -0.142. The number of benzene rings is 1. The molecule has 2 bridgehead atoms. The van der Waals surface area contributed by atoms with Gasteiger partial charge in [-0.15, -0.1) is 0 Å². The SMILES string of the molecule is CC(C)C[C@@H]1NC(=O)[C@@H](C)NC(=O)[C@@H](NC(=O)[C@H]2CCC(=O)N2)Cc2ccc(cc2)OCCNC(=O)[C@H]2CCCN2C1=O. The highest BCUT2D eigenvalue weighted by Crippen LogP contribution is 2.21. The summed E-state index contributed by atoms with van der Waals surface area (Å²) in [5, 5.41) is 13.6. The van der Waals surface area contributed by atoms with Crippen LogP contribution in [0.15, 0.2) is 24.3 Å². The Morgan fingerprint density at radius 1 is 1.00 bits per heavy atom. The van der Waals surface area contributed by atoms with Crippen LogP contribution in [0.4, 0.5) is 0 Å². The van der Waals surface area contributed by atoms with E-state index in [-0.39, 0.29) is 49.6 Å². The molecule has 1 aromatic carbocycles. The van der Waals surface area contributed by atoms with Crippen molar-refractivity contribution in [2.75, 3.05) is 19.7 Å². The highest BCUT2D eigenvalue weighted by molar-refractivity contribution is 5.97. The molecule has 2 saturated heterocycles. The highest BCUT2D eigenvalue weighted by atomic mass is 16.5. The van der Waals surface area contributed by atoms with Gasteiger partial charge in [-0.05, 0) is 56.2 Å². The van der Waals surface area contributed by atoms with E-state index in [0.717, 1.165) is 5.56 Å². The van der Waals surface area contributed by atoms with E-state index in [4.69, 9.17) is 4.74 Å². The number of carbonyl (C=O) groups excluding carboxylic acids is 6. The zero-order chi connectivity index (χ0) is 31.1. The summed E-state index contributed by atoms with van der Waals surface area (Å²) < 4.78 is 5.77. The van der Waals surface area contributed by atoms with E-state index in [0.29, 0.717) is 38.0 Å². The Kier molecular flexibility index (Phi) is 10.6. The van der Waals surface area contributed by atoms with Crippen molar-refractivity contribution in [3.63, 3.8) is 0 Å². The van der Waals surface area contributed by atoms with Gasteiger partial charge in [0.15, 0.2) is 0 Å². The van der Waals surface area contributed by atoms with Gasteiger partial charge in [-0.25, -0.2) is 0 Å². The summed E-state index contributed by atoms with van der Waals surface area (Å²) in [5.74, 6) is -1.83. The number of nitrogens with zero attached hydrogens (tertiary/aromatic N) is 1. The third kappa shape index (κ3) is 8.45. The summed E-state index contributed by atoms with van der Waals surface area (Å²) in [6.45, 7) is 6.23. The normalized spacial score (nSPS) is 27.5. The molecule has 4 aliphatic rings. The van der Waals surface area contributed by atoms with Crippen molar-refractivity contribution in [2.24, 2.45) is 5.92 Å². The Labute approximate surface area is 251 Å². The molecule has 6 amide bonds. The standard InChI is InChI=1S/C30H42N6O7/c1-17(2)15-23-30(42)36-13-4-5-24(36)29(41)31-12-14-43-20-8-6-19(7-9-20)16-22(28(40)32-18(3)26(38)35-23)34-27(39)21-10-11-25(37)33-21/h6-9,17-18,21-24H,4-5,10-16H2,1-3H3,(H,31,41)(H,32,40)(H,33,37)(H,34,39)(H,35,38)/t18-,21-,22+,23+,24-/m1/s1. The molecule has 13 nitrogen and oxygen atoms in total. The molecule has 4 aliphatic heterocycles. The van der Waals surface area contributed by atoms with Crippen LogP contribution in [-0.2, 0) is 35.2 Å². The maximum atomic E-state index is 13.6. The third-order valence-electron chi connectivity index (χ3n) is 7.89. The van der Waals surface area contributed by atoms with E-state index in [1.54, 1.807) is 24.3 Å². The molecular weight excluding hydrogens is 556 g/mol. The van der Waals surface area contributed by atoms with Gasteiger partial charge < -0.3 is 36.2 Å². The van der Waals surface area contributed by atoms with Crippen LogP contribution in [0.25, 0.3) is 0 Å². The van der Waals surface area contributed by atoms with Crippen molar-refractivity contribution in [1.82, 2.24) is 31.5 Å². The first-order valence-corrected chi connectivity index (χ1v) is 15.0. The minimum Gasteiger partial charge on any atom is -0.492 e. The highest BCUT2D eigenvalue weighted by Gasteiger charge is 2.38. The smallest absolute Gasteiger partial charge is 0.245 e. The summed E-state index contributed by atoms with van der Waals surface area (Å²) in [4.78, 5) is 79.4. The lowest BCUT2D eigenvalue weighted by Crippen LogP contribution is -2.58. The molecule has 0 aromatic heterocycles. The second-order valence-electron chi connectivity index (χ2n) is 11.8. The minimum absolute atomic E-state index is 0.0680. The Bertz CT molecular complexity index is 1220. The molecule has 5 rings (SSSR count). The summed E-state index contributed by atoms with van der Waals surface area (Å²) in [5.41, 5.74) is 0.729. The van der Waals surface area contributed by atoms with E-state index >= 15 is 0 Å². The Hall–Kier alpha value is -4.16. The Morgan fingerprint density at radius 2 is 1.74 bits per heavy atom. The number of ether oxygens (including phenoxy) is 1. The number of amides is 6. The molecule has 2 fully saturated rings. The fourth-order valence-electron chi connectivity index (χ4n) is 5.58. The molecule has 0 radical (unpaired) electrons. The van der Waals surface area contributed by atoms with Gasteiger partial charge in [0.2, 0.25) is 35.4 Å². The second kappa shape index (κ2) is 14.3.